The fourth-order valence-corrected chi connectivity index (χ4v) is 3.21. The fourth-order valence-electron chi connectivity index (χ4n) is 3.21. The highest BCUT2D eigenvalue weighted by Gasteiger charge is 2.17. The topological polar surface area (TPSA) is 73.0 Å². The first kappa shape index (κ1) is 13.0. The zero-order chi connectivity index (χ0) is 16.1. The highest BCUT2D eigenvalue weighted by atomic mass is 16.3. The summed E-state index contributed by atoms with van der Waals surface area (Å²) in [6.45, 7) is 0. The largest absolute Gasteiger partial charge is 0.508 e. The number of aromatic hydroxyl groups is 1. The van der Waals surface area contributed by atoms with Gasteiger partial charge >= 0.3 is 0 Å². The lowest BCUT2D eigenvalue weighted by Crippen LogP contribution is -2.23. The van der Waals surface area contributed by atoms with Gasteiger partial charge in [0.15, 0.2) is 0 Å². The van der Waals surface area contributed by atoms with Crippen LogP contribution in [0.15, 0.2) is 48.8 Å². The van der Waals surface area contributed by atoms with Crippen LogP contribution in [0.1, 0.15) is 0 Å². The Bertz CT molecular complexity index is 1080. The van der Waals surface area contributed by atoms with Gasteiger partial charge in [0.05, 0.1) is 22.4 Å². The van der Waals surface area contributed by atoms with Crippen LogP contribution in [-0.4, -0.2) is 15.1 Å². The smallest absolute Gasteiger partial charge is 0.138 e. The second kappa shape index (κ2) is 4.76. The van der Waals surface area contributed by atoms with Crippen LogP contribution in [0.3, 0.4) is 0 Å². The van der Waals surface area contributed by atoms with Crippen LogP contribution in [0.2, 0.25) is 0 Å². The van der Waals surface area contributed by atoms with Crippen molar-refractivity contribution in [2.75, 3.05) is 10.6 Å². The second-order valence-electron chi connectivity index (χ2n) is 5.77. The lowest BCUT2D eigenvalue weighted by atomic mass is 10.1. The van der Waals surface area contributed by atoms with Gasteiger partial charge in [0.2, 0.25) is 0 Å². The molecule has 0 aliphatic carbocycles. The molecule has 5 heteroatoms. The number of aromatic nitrogens is 2. The molecule has 3 heterocycles. The van der Waals surface area contributed by atoms with Gasteiger partial charge in [-0.05, 0) is 48.6 Å². The van der Waals surface area contributed by atoms with Crippen LogP contribution in [0, 0.1) is 0 Å². The molecule has 0 radical (unpaired) electrons. The Morgan fingerprint density at radius 1 is 0.833 bits per heavy atom. The van der Waals surface area contributed by atoms with Crippen molar-refractivity contribution in [3.63, 3.8) is 0 Å². The number of fused-ring (bicyclic) bond motifs is 6. The number of benzene rings is 2. The number of rotatable bonds is 1. The second-order valence-corrected chi connectivity index (χ2v) is 5.77. The average molecular weight is 314 g/mol. The summed E-state index contributed by atoms with van der Waals surface area (Å²) in [6, 6.07) is 7.05. The number of phenols is 1. The summed E-state index contributed by atoms with van der Waals surface area (Å²) < 4.78 is 0. The summed E-state index contributed by atoms with van der Waals surface area (Å²) in [5, 5.41) is 18.3. The molecule has 0 unspecified atom stereocenters. The molecule has 2 aliphatic rings. The van der Waals surface area contributed by atoms with E-state index >= 15 is 0 Å². The molecule has 0 amide bonds. The van der Waals surface area contributed by atoms with Crippen LogP contribution in [0.5, 0.6) is 5.75 Å². The molecule has 2 aliphatic heterocycles. The van der Waals surface area contributed by atoms with E-state index in [4.69, 9.17) is 4.98 Å². The van der Waals surface area contributed by atoms with E-state index in [1.807, 2.05) is 36.7 Å². The number of aromatic amines is 1. The Morgan fingerprint density at radius 3 is 2.25 bits per heavy atom. The number of allylic oxidation sites excluding steroid dienone is 2. The quantitative estimate of drug-likeness (QED) is 0.556. The molecule has 2 aromatic carbocycles. The zero-order valence-electron chi connectivity index (χ0n) is 12.7. The first-order chi connectivity index (χ1) is 11.8. The van der Waals surface area contributed by atoms with Gasteiger partial charge < -0.3 is 20.7 Å². The molecule has 4 N–H and O–H groups in total. The molecule has 3 aromatic rings. The number of nitrogens with one attached hydrogen (secondary N) is 3. The third kappa shape index (κ3) is 1.78. The normalized spacial score (nSPS) is 14.2. The molecule has 5 rings (SSSR count). The van der Waals surface area contributed by atoms with Crippen molar-refractivity contribution in [3.05, 3.63) is 59.3 Å². The van der Waals surface area contributed by atoms with E-state index in [9.17, 15) is 5.11 Å². The molecule has 0 atom stereocenters. The van der Waals surface area contributed by atoms with Crippen molar-refractivity contribution in [2.24, 2.45) is 0 Å². The lowest BCUT2D eigenvalue weighted by molar-refractivity contribution is 0.475. The zero-order valence-corrected chi connectivity index (χ0v) is 12.7. The van der Waals surface area contributed by atoms with Crippen molar-refractivity contribution >= 4 is 34.6 Å². The number of hydrogen-bond donors (Lipinski definition) is 4. The highest BCUT2D eigenvalue weighted by Crippen LogP contribution is 2.25. The first-order valence-corrected chi connectivity index (χ1v) is 7.73. The highest BCUT2D eigenvalue weighted by molar-refractivity contribution is 5.95. The first-order valence-electron chi connectivity index (χ1n) is 7.73. The van der Waals surface area contributed by atoms with Crippen LogP contribution in [-0.2, 0) is 0 Å². The molecule has 116 valence electrons. The summed E-state index contributed by atoms with van der Waals surface area (Å²) >= 11 is 0. The summed E-state index contributed by atoms with van der Waals surface area (Å²) in [5.41, 5.74) is 4.94. The van der Waals surface area contributed by atoms with Gasteiger partial charge in [0, 0.05) is 28.4 Å². The lowest BCUT2D eigenvalue weighted by Gasteiger charge is -2.16. The summed E-state index contributed by atoms with van der Waals surface area (Å²) in [4.78, 5) is 8.26. The predicted octanol–water partition coefficient (Wildman–Crippen LogP) is 2.37. The van der Waals surface area contributed by atoms with E-state index in [0.29, 0.717) is 0 Å². The van der Waals surface area contributed by atoms with Gasteiger partial charge in [-0.15, -0.1) is 0 Å². The maximum Gasteiger partial charge on any atom is 0.138 e. The Balaban J connectivity index is 1.89. The summed E-state index contributed by atoms with van der Waals surface area (Å²) in [5.74, 6) is 1.03. The van der Waals surface area contributed by atoms with Crippen molar-refractivity contribution in [2.45, 2.75) is 0 Å². The van der Waals surface area contributed by atoms with Crippen molar-refractivity contribution < 1.29 is 5.11 Å². The molecule has 0 spiro atoms. The van der Waals surface area contributed by atoms with Gasteiger partial charge in [0.25, 0.3) is 0 Å². The third-order valence-electron chi connectivity index (χ3n) is 4.33. The van der Waals surface area contributed by atoms with E-state index in [2.05, 4.69) is 27.8 Å². The minimum atomic E-state index is 0.245. The molecule has 0 saturated heterocycles. The van der Waals surface area contributed by atoms with Gasteiger partial charge in [-0.25, -0.2) is 4.98 Å². The molecular formula is C19H14N4O. The molecule has 24 heavy (non-hydrogen) atoms. The van der Waals surface area contributed by atoms with E-state index < -0.39 is 0 Å². The fraction of sp³-hybridized carbons (Fsp3) is 0. The van der Waals surface area contributed by atoms with Crippen LogP contribution in [0.25, 0.3) is 34.6 Å². The van der Waals surface area contributed by atoms with Crippen molar-refractivity contribution in [1.29, 1.82) is 0 Å². The standard InChI is InChI=1S/C19H14N4O/c24-12-7-5-11(6-8-12)19-22-17-13-3-1-9-20-15(13)16-14(18(17)23-19)4-2-10-21-16/h1-10,20-21,24H,(H,22,23). The van der Waals surface area contributed by atoms with Crippen LogP contribution < -0.4 is 21.1 Å². The van der Waals surface area contributed by atoms with Crippen LogP contribution in [0.4, 0.5) is 11.4 Å². The predicted molar refractivity (Wildman–Crippen MR) is 96.9 cm³/mol. The number of nitrogens with zero attached hydrogens (tertiary/aromatic N) is 1. The Morgan fingerprint density at radius 2 is 1.50 bits per heavy atom. The van der Waals surface area contributed by atoms with Gasteiger partial charge in [0.1, 0.15) is 11.6 Å². The molecule has 0 bridgehead atoms. The number of hydrogen-bond acceptors (Lipinski definition) is 4. The number of phenolic OH excluding ortho intramolecular Hbond substituents is 1. The number of imidazole rings is 1. The Hall–Kier alpha value is -3.47. The minimum absolute atomic E-state index is 0.245. The maximum atomic E-state index is 9.49. The monoisotopic (exact) mass is 314 g/mol. The molecule has 1 aromatic heterocycles. The van der Waals surface area contributed by atoms with E-state index in [1.54, 1.807) is 12.1 Å². The third-order valence-corrected chi connectivity index (χ3v) is 4.33. The molecule has 5 nitrogen and oxygen atoms in total. The minimum Gasteiger partial charge on any atom is -0.508 e. The van der Waals surface area contributed by atoms with Crippen molar-refractivity contribution in [1.82, 2.24) is 9.97 Å². The van der Waals surface area contributed by atoms with Gasteiger partial charge in [-0.1, -0.05) is 0 Å². The van der Waals surface area contributed by atoms with Gasteiger partial charge in [-0.3, -0.25) is 0 Å². The SMILES string of the molecule is Oc1ccc(-c2nc3c4c(c5c(c3[nH]2)=CC=CN5)NC=CC=4)cc1. The number of anilines is 2. The maximum absolute atomic E-state index is 9.49. The van der Waals surface area contributed by atoms with Gasteiger partial charge in [-0.2, -0.15) is 0 Å². The molecular weight excluding hydrogens is 300 g/mol. The Kier molecular flexibility index (Phi) is 2.58. The van der Waals surface area contributed by atoms with E-state index in [-0.39, 0.29) is 5.75 Å². The van der Waals surface area contributed by atoms with Crippen molar-refractivity contribution in [3.8, 4) is 17.1 Å². The molecule has 0 fully saturated rings. The van der Waals surface area contributed by atoms with E-state index in [0.717, 1.165) is 44.2 Å². The number of H-pyrrole nitrogens is 1. The molecule has 0 saturated carbocycles. The average Bonchev–Trinajstić information content (AvgIpc) is 3.08. The van der Waals surface area contributed by atoms with E-state index in [1.165, 1.54) is 0 Å². The van der Waals surface area contributed by atoms with Crippen LogP contribution >= 0.6 is 0 Å². The Labute approximate surface area is 137 Å². The summed E-state index contributed by atoms with van der Waals surface area (Å²) in [7, 11) is 0. The summed E-state index contributed by atoms with van der Waals surface area (Å²) in [6.07, 6.45) is 11.9.